The molecule has 1 fully saturated rings. The van der Waals surface area contributed by atoms with E-state index < -0.39 is 46.1 Å². The van der Waals surface area contributed by atoms with E-state index in [1.165, 1.54) is 39.3 Å². The molecule has 2 aromatic carbocycles. The summed E-state index contributed by atoms with van der Waals surface area (Å²) in [4.78, 5) is 47.5. The van der Waals surface area contributed by atoms with Gasteiger partial charge in [0.05, 0.1) is 24.2 Å². The number of nitrogens with zero attached hydrogens (tertiary/aromatic N) is 6. The van der Waals surface area contributed by atoms with Gasteiger partial charge in [-0.1, -0.05) is 24.1 Å². The number of aromatic nitrogens is 4. The van der Waals surface area contributed by atoms with Gasteiger partial charge in [0.15, 0.2) is 22.8 Å². The molecule has 0 radical (unpaired) electrons. The van der Waals surface area contributed by atoms with Gasteiger partial charge in [0.2, 0.25) is 5.95 Å². The van der Waals surface area contributed by atoms with Crippen LogP contribution >= 0.6 is 0 Å². The molecular formula is C29H25F5N6O3. The van der Waals surface area contributed by atoms with Gasteiger partial charge in [-0.15, -0.1) is 5.92 Å². The highest BCUT2D eigenvalue weighted by Crippen LogP contribution is 2.32. The normalized spacial score (nSPS) is 13.7. The van der Waals surface area contributed by atoms with Crippen molar-refractivity contribution in [3.63, 3.8) is 0 Å². The number of fused-ring (bicyclic) bond motifs is 1. The highest BCUT2D eigenvalue weighted by atomic mass is 19.4. The Balaban J connectivity index is 1.49. The summed E-state index contributed by atoms with van der Waals surface area (Å²) in [5.41, 5.74) is -2.56. The molecule has 1 aliphatic rings. The minimum absolute atomic E-state index is 0.0268. The number of carbonyl (C=O) groups excluding carboxylic acids is 1. The van der Waals surface area contributed by atoms with Crippen LogP contribution in [0.4, 0.5) is 27.9 Å². The van der Waals surface area contributed by atoms with E-state index in [1.54, 1.807) is 11.8 Å². The van der Waals surface area contributed by atoms with Crippen LogP contribution in [0.25, 0.3) is 11.2 Å². The van der Waals surface area contributed by atoms with Gasteiger partial charge in [0.1, 0.15) is 0 Å². The molecule has 0 bridgehead atoms. The van der Waals surface area contributed by atoms with Crippen molar-refractivity contribution in [1.82, 2.24) is 23.6 Å². The van der Waals surface area contributed by atoms with Crippen LogP contribution in [0, 0.1) is 23.5 Å². The Morgan fingerprint density at radius 2 is 1.67 bits per heavy atom. The fraction of sp³-hybridized carbons (Fsp3) is 0.310. The number of halogens is 5. The van der Waals surface area contributed by atoms with E-state index in [0.717, 1.165) is 28.8 Å². The number of alkyl halides is 3. The number of amides is 1. The SMILES string of the molecule is CC#CCn1c(N2CCN(C(=O)c3ccccc3C(F)(F)F)CC2)nc2c1c(=O)n(Cc1ccc(F)c(F)c1)c(=O)n2C. The Hall–Kier alpha value is -4.93. The van der Waals surface area contributed by atoms with E-state index >= 15 is 0 Å². The number of hydrogen-bond acceptors (Lipinski definition) is 5. The molecule has 0 atom stereocenters. The number of rotatable bonds is 5. The molecule has 1 aliphatic heterocycles. The highest BCUT2D eigenvalue weighted by molar-refractivity contribution is 5.96. The molecule has 1 saturated heterocycles. The molecule has 2 aromatic heterocycles. The molecule has 0 unspecified atom stereocenters. The lowest BCUT2D eigenvalue weighted by Gasteiger charge is -2.35. The molecule has 1 amide bonds. The smallest absolute Gasteiger partial charge is 0.339 e. The molecule has 0 aliphatic carbocycles. The van der Waals surface area contributed by atoms with Gasteiger partial charge in [-0.05, 0) is 36.8 Å². The largest absolute Gasteiger partial charge is 0.417 e. The topological polar surface area (TPSA) is 85.4 Å². The summed E-state index contributed by atoms with van der Waals surface area (Å²) in [6.45, 7) is 1.83. The molecule has 0 saturated carbocycles. The molecule has 4 aromatic rings. The van der Waals surface area contributed by atoms with E-state index in [9.17, 15) is 36.3 Å². The number of benzene rings is 2. The second-order valence-electron chi connectivity index (χ2n) is 9.90. The van der Waals surface area contributed by atoms with Gasteiger partial charge in [0.25, 0.3) is 11.5 Å². The quantitative estimate of drug-likeness (QED) is 0.260. The highest BCUT2D eigenvalue weighted by Gasteiger charge is 2.36. The zero-order chi connectivity index (χ0) is 31.1. The second kappa shape index (κ2) is 11.4. The summed E-state index contributed by atoms with van der Waals surface area (Å²) in [5.74, 6) is 3.00. The van der Waals surface area contributed by atoms with Crippen molar-refractivity contribution in [2.45, 2.75) is 26.2 Å². The summed E-state index contributed by atoms with van der Waals surface area (Å²) in [7, 11) is 1.42. The number of carbonyl (C=O) groups is 1. The lowest BCUT2D eigenvalue weighted by molar-refractivity contribution is -0.138. The summed E-state index contributed by atoms with van der Waals surface area (Å²) in [5, 5.41) is 0. The van der Waals surface area contributed by atoms with Crippen LogP contribution < -0.4 is 16.1 Å². The Morgan fingerprint density at radius 3 is 2.33 bits per heavy atom. The van der Waals surface area contributed by atoms with Crippen LogP contribution in [0.3, 0.4) is 0 Å². The van der Waals surface area contributed by atoms with Crippen molar-refractivity contribution in [2.24, 2.45) is 7.05 Å². The van der Waals surface area contributed by atoms with Crippen LogP contribution in [0.5, 0.6) is 0 Å². The zero-order valence-electron chi connectivity index (χ0n) is 23.1. The number of imidazole rings is 1. The van der Waals surface area contributed by atoms with Crippen LogP contribution in [0.15, 0.2) is 52.1 Å². The second-order valence-corrected chi connectivity index (χ2v) is 9.90. The molecule has 14 heteroatoms. The molecule has 0 N–H and O–H groups in total. The van der Waals surface area contributed by atoms with Crippen LogP contribution in [-0.4, -0.2) is 55.7 Å². The third kappa shape index (κ3) is 5.50. The number of hydrogen-bond donors (Lipinski definition) is 0. The average molecular weight is 601 g/mol. The molecule has 9 nitrogen and oxygen atoms in total. The first-order valence-corrected chi connectivity index (χ1v) is 13.2. The summed E-state index contributed by atoms with van der Waals surface area (Å²) >= 11 is 0. The van der Waals surface area contributed by atoms with E-state index in [4.69, 9.17) is 0 Å². The maximum atomic E-state index is 13.8. The van der Waals surface area contributed by atoms with Gasteiger partial charge in [-0.2, -0.15) is 18.2 Å². The van der Waals surface area contributed by atoms with Crippen LogP contribution in [0.1, 0.15) is 28.4 Å². The maximum absolute atomic E-state index is 13.8. The van der Waals surface area contributed by atoms with Crippen molar-refractivity contribution in [1.29, 1.82) is 0 Å². The van der Waals surface area contributed by atoms with Crippen LogP contribution in [0.2, 0.25) is 0 Å². The van der Waals surface area contributed by atoms with Gasteiger partial charge in [0, 0.05) is 33.2 Å². The van der Waals surface area contributed by atoms with E-state index in [-0.39, 0.29) is 56.0 Å². The Labute approximate surface area is 241 Å². The zero-order valence-corrected chi connectivity index (χ0v) is 23.1. The minimum Gasteiger partial charge on any atom is -0.339 e. The first-order valence-electron chi connectivity index (χ1n) is 13.2. The molecular weight excluding hydrogens is 575 g/mol. The predicted octanol–water partition coefficient (Wildman–Crippen LogP) is 3.23. The lowest BCUT2D eigenvalue weighted by Crippen LogP contribution is -2.49. The lowest BCUT2D eigenvalue weighted by atomic mass is 10.1. The molecule has 224 valence electrons. The van der Waals surface area contributed by atoms with E-state index in [0.29, 0.717) is 5.95 Å². The van der Waals surface area contributed by atoms with Gasteiger partial charge in [-0.25, -0.2) is 13.6 Å². The summed E-state index contributed by atoms with van der Waals surface area (Å²) < 4.78 is 71.4. The van der Waals surface area contributed by atoms with Crippen molar-refractivity contribution >= 4 is 23.0 Å². The third-order valence-corrected chi connectivity index (χ3v) is 7.26. The van der Waals surface area contributed by atoms with E-state index in [2.05, 4.69) is 16.8 Å². The first-order chi connectivity index (χ1) is 20.4. The Bertz CT molecular complexity index is 1910. The number of anilines is 1. The Kier molecular flexibility index (Phi) is 7.83. The standard InChI is InChI=1S/C29H25F5N6O3/c1-3-4-11-39-23-24(36(2)28(43)40(26(23)42)17-18-9-10-21(30)22(31)16-18)35-27(39)38-14-12-37(13-15-38)25(41)19-7-5-6-8-20(19)29(32,33)34/h5-10,16H,11-15,17H2,1-2H3. The van der Waals surface area contributed by atoms with E-state index in [1.807, 2.05) is 0 Å². The monoisotopic (exact) mass is 600 g/mol. The molecule has 43 heavy (non-hydrogen) atoms. The number of aryl methyl sites for hydroxylation is 1. The van der Waals surface area contributed by atoms with Gasteiger partial charge in [-0.3, -0.25) is 23.3 Å². The van der Waals surface area contributed by atoms with Crippen LogP contribution in [-0.2, 0) is 26.3 Å². The van der Waals surface area contributed by atoms with Crippen molar-refractivity contribution < 1.29 is 26.7 Å². The van der Waals surface area contributed by atoms with Crippen molar-refractivity contribution in [3.8, 4) is 11.8 Å². The predicted molar refractivity (Wildman–Crippen MR) is 148 cm³/mol. The Morgan fingerprint density at radius 1 is 0.977 bits per heavy atom. The maximum Gasteiger partial charge on any atom is 0.417 e. The summed E-state index contributed by atoms with van der Waals surface area (Å²) in [6, 6.07) is 7.69. The first kappa shape index (κ1) is 29.6. The van der Waals surface area contributed by atoms with Gasteiger partial charge >= 0.3 is 11.9 Å². The number of piperazine rings is 1. The third-order valence-electron chi connectivity index (χ3n) is 7.26. The fourth-order valence-corrected chi connectivity index (χ4v) is 5.07. The average Bonchev–Trinajstić information content (AvgIpc) is 3.38. The minimum atomic E-state index is -4.69. The van der Waals surface area contributed by atoms with Crippen molar-refractivity contribution in [3.05, 3.63) is 91.6 Å². The fourth-order valence-electron chi connectivity index (χ4n) is 5.07. The van der Waals surface area contributed by atoms with Crippen molar-refractivity contribution in [2.75, 3.05) is 31.1 Å². The van der Waals surface area contributed by atoms with Gasteiger partial charge < -0.3 is 9.80 Å². The molecule has 3 heterocycles. The summed E-state index contributed by atoms with van der Waals surface area (Å²) in [6.07, 6.45) is -4.69. The molecule has 5 rings (SSSR count). The molecule has 0 spiro atoms.